The van der Waals surface area contributed by atoms with E-state index in [0.717, 1.165) is 0 Å². The maximum absolute atomic E-state index is 13.0. The van der Waals surface area contributed by atoms with Crippen molar-refractivity contribution < 1.29 is 27.1 Å². The molecule has 0 N–H and O–H groups in total. The second kappa shape index (κ2) is 7.38. The average molecular weight is 318 g/mol. The highest BCUT2D eigenvalue weighted by Crippen LogP contribution is 2.37. The lowest BCUT2D eigenvalue weighted by molar-refractivity contribution is -0.306. The first-order chi connectivity index (χ1) is 9.06. The number of alkyl halides is 5. The van der Waals surface area contributed by atoms with E-state index in [1.54, 1.807) is 0 Å². The fourth-order valence-corrected chi connectivity index (χ4v) is 6.79. The van der Waals surface area contributed by atoms with Gasteiger partial charge in [0.1, 0.15) is 0 Å². The zero-order valence-corrected chi connectivity index (χ0v) is 13.0. The highest BCUT2D eigenvalue weighted by Gasteiger charge is 2.58. The number of hydrogen-bond acceptors (Lipinski definition) is 2. The summed E-state index contributed by atoms with van der Waals surface area (Å²) in [4.78, 5) is 0. The van der Waals surface area contributed by atoms with E-state index in [9.17, 15) is 27.1 Å². The SMILES string of the molecule is CCC[Si](CCC)(CCC)N=C([O-])C(F)(F)C(F)(F)F. The molecule has 0 heterocycles. The van der Waals surface area contributed by atoms with Crippen LogP contribution < -0.4 is 5.11 Å². The van der Waals surface area contributed by atoms with Crippen molar-refractivity contribution in [1.82, 2.24) is 0 Å². The summed E-state index contributed by atoms with van der Waals surface area (Å²) in [7, 11) is -2.75. The van der Waals surface area contributed by atoms with Crippen LogP contribution in [0, 0.1) is 0 Å². The molecule has 20 heavy (non-hydrogen) atoms. The first-order valence-electron chi connectivity index (χ1n) is 6.78. The Labute approximate surface area is 117 Å². The Morgan fingerprint density at radius 2 is 1.25 bits per heavy atom. The van der Waals surface area contributed by atoms with Crippen molar-refractivity contribution >= 4 is 14.1 Å². The summed E-state index contributed by atoms with van der Waals surface area (Å²) >= 11 is 0. The highest BCUT2D eigenvalue weighted by atomic mass is 28.3. The second-order valence-electron chi connectivity index (χ2n) is 4.96. The van der Waals surface area contributed by atoms with Gasteiger partial charge in [-0.1, -0.05) is 40.0 Å². The van der Waals surface area contributed by atoms with Crippen LogP contribution in [0.2, 0.25) is 18.1 Å². The molecule has 0 bridgehead atoms. The smallest absolute Gasteiger partial charge is 0.458 e. The molecule has 0 radical (unpaired) electrons. The fourth-order valence-electron chi connectivity index (χ4n) is 2.35. The molecule has 0 aliphatic carbocycles. The Hall–Kier alpha value is -0.663. The molecule has 2 nitrogen and oxygen atoms in total. The molecular weight excluding hydrogens is 297 g/mol. The lowest BCUT2D eigenvalue weighted by Gasteiger charge is -2.32. The second-order valence-corrected chi connectivity index (χ2v) is 9.14. The minimum Gasteiger partial charge on any atom is -0.858 e. The molecule has 0 aromatic heterocycles. The lowest BCUT2D eigenvalue weighted by atomic mass is 10.3. The molecule has 0 aliphatic rings. The lowest BCUT2D eigenvalue weighted by Crippen LogP contribution is -2.52. The zero-order valence-electron chi connectivity index (χ0n) is 12.0. The molecule has 0 fully saturated rings. The van der Waals surface area contributed by atoms with Gasteiger partial charge in [0.05, 0.1) is 0 Å². The predicted molar refractivity (Wildman–Crippen MR) is 69.5 cm³/mol. The van der Waals surface area contributed by atoms with Gasteiger partial charge >= 0.3 is 12.1 Å². The van der Waals surface area contributed by atoms with Crippen molar-refractivity contribution in [1.29, 1.82) is 0 Å². The van der Waals surface area contributed by atoms with Crippen molar-refractivity contribution in [2.45, 2.75) is 70.3 Å². The summed E-state index contributed by atoms with van der Waals surface area (Å²) < 4.78 is 66.1. The molecule has 0 aromatic carbocycles. The molecule has 120 valence electrons. The highest BCUT2D eigenvalue weighted by molar-refractivity contribution is 6.79. The van der Waals surface area contributed by atoms with Crippen LogP contribution in [0.15, 0.2) is 4.66 Å². The largest absolute Gasteiger partial charge is 0.858 e. The molecule has 8 heteroatoms. The van der Waals surface area contributed by atoms with Gasteiger partial charge in [-0.3, -0.25) is 0 Å². The number of hydrogen-bond donors (Lipinski definition) is 0. The minimum atomic E-state index is -5.88. The quantitative estimate of drug-likeness (QED) is 0.287. The van der Waals surface area contributed by atoms with Crippen LogP contribution >= 0.6 is 0 Å². The Bertz CT molecular complexity index is 313. The summed E-state index contributed by atoms with van der Waals surface area (Å²) in [6.07, 6.45) is -4.00. The summed E-state index contributed by atoms with van der Waals surface area (Å²) in [6.45, 7) is 5.44. The molecule has 0 amide bonds. The third-order valence-electron chi connectivity index (χ3n) is 3.11. The van der Waals surface area contributed by atoms with Crippen molar-refractivity contribution in [3.8, 4) is 0 Å². The maximum atomic E-state index is 13.0. The van der Waals surface area contributed by atoms with E-state index in [1.165, 1.54) is 0 Å². The van der Waals surface area contributed by atoms with E-state index < -0.39 is 26.2 Å². The van der Waals surface area contributed by atoms with Crippen LogP contribution in [-0.4, -0.2) is 26.2 Å². The van der Waals surface area contributed by atoms with Gasteiger partial charge in [0, 0.05) is 5.90 Å². The summed E-state index contributed by atoms with van der Waals surface area (Å²) in [5.74, 6) is -7.69. The standard InChI is InChI=1S/C12H22F5NOSi/c1-4-7-20(8-5-2,9-6-3)18-10(19)11(13,14)12(15,16)17/h4-9H2,1-3H3,(H,18,19)/p-1. The molecule has 0 aromatic rings. The van der Waals surface area contributed by atoms with Crippen molar-refractivity contribution in [2.75, 3.05) is 0 Å². The molecule has 0 saturated carbocycles. The van der Waals surface area contributed by atoms with Crippen LogP contribution in [0.1, 0.15) is 40.0 Å². The Morgan fingerprint density at radius 3 is 1.50 bits per heavy atom. The van der Waals surface area contributed by atoms with Crippen LogP contribution in [0.4, 0.5) is 22.0 Å². The predicted octanol–water partition coefficient (Wildman–Crippen LogP) is 4.12. The number of rotatable bonds is 8. The summed E-state index contributed by atoms with van der Waals surface area (Å²) in [6, 6.07) is 1.40. The molecule has 0 unspecified atom stereocenters. The molecule has 0 atom stereocenters. The van der Waals surface area contributed by atoms with Gasteiger partial charge in [0.25, 0.3) is 0 Å². The van der Waals surface area contributed by atoms with E-state index in [4.69, 9.17) is 0 Å². The van der Waals surface area contributed by atoms with Crippen molar-refractivity contribution in [3.63, 3.8) is 0 Å². The summed E-state index contributed by atoms with van der Waals surface area (Å²) in [5, 5.41) is 11.3. The van der Waals surface area contributed by atoms with Crippen LogP contribution in [0.25, 0.3) is 0 Å². The molecule has 0 rings (SSSR count). The topological polar surface area (TPSA) is 35.4 Å². The van der Waals surface area contributed by atoms with Gasteiger partial charge in [-0.15, -0.1) is 0 Å². The third-order valence-corrected chi connectivity index (χ3v) is 8.08. The van der Waals surface area contributed by atoms with Gasteiger partial charge in [-0.05, 0) is 18.1 Å². The zero-order chi connectivity index (χ0) is 16.0. The Kier molecular flexibility index (Phi) is 7.13. The average Bonchev–Trinajstić information content (AvgIpc) is 2.28. The molecular formula is C12H21F5NOSi-. The van der Waals surface area contributed by atoms with Gasteiger partial charge in [-0.25, -0.2) is 0 Å². The third kappa shape index (κ3) is 4.71. The van der Waals surface area contributed by atoms with E-state index >= 15 is 0 Å². The van der Waals surface area contributed by atoms with Gasteiger partial charge < -0.3 is 9.76 Å². The van der Waals surface area contributed by atoms with Crippen molar-refractivity contribution in [2.24, 2.45) is 4.66 Å². The van der Waals surface area contributed by atoms with E-state index in [0.29, 0.717) is 37.4 Å². The minimum absolute atomic E-state index is 0.467. The first-order valence-corrected chi connectivity index (χ1v) is 9.35. The number of halogens is 5. The normalized spacial score (nSPS) is 14.7. The van der Waals surface area contributed by atoms with Gasteiger partial charge in [0.2, 0.25) is 0 Å². The summed E-state index contributed by atoms with van der Waals surface area (Å²) in [5.41, 5.74) is 0. The van der Waals surface area contributed by atoms with Gasteiger partial charge in [0.15, 0.2) is 8.24 Å². The molecule has 0 aliphatic heterocycles. The fraction of sp³-hybridized carbons (Fsp3) is 0.917. The number of nitrogens with zero attached hydrogens (tertiary/aromatic N) is 1. The monoisotopic (exact) mass is 318 g/mol. The van der Waals surface area contributed by atoms with Crippen LogP contribution in [-0.2, 0) is 0 Å². The van der Waals surface area contributed by atoms with Crippen LogP contribution in [0.5, 0.6) is 0 Å². The Morgan fingerprint density at radius 1 is 0.900 bits per heavy atom. The Balaban J connectivity index is 5.54. The van der Waals surface area contributed by atoms with E-state index in [-0.39, 0.29) is 0 Å². The van der Waals surface area contributed by atoms with Crippen LogP contribution in [0.3, 0.4) is 0 Å². The van der Waals surface area contributed by atoms with Gasteiger partial charge in [-0.2, -0.15) is 22.0 Å². The molecule has 0 saturated heterocycles. The molecule has 0 spiro atoms. The van der Waals surface area contributed by atoms with Crippen molar-refractivity contribution in [3.05, 3.63) is 0 Å². The van der Waals surface area contributed by atoms with E-state index in [2.05, 4.69) is 4.66 Å². The van der Waals surface area contributed by atoms with E-state index in [1.807, 2.05) is 20.8 Å². The first kappa shape index (κ1) is 19.3. The maximum Gasteiger partial charge on any atom is 0.458 e.